The fourth-order valence-corrected chi connectivity index (χ4v) is 1.90. The summed E-state index contributed by atoms with van der Waals surface area (Å²) in [6.07, 6.45) is 0.380. The zero-order valence-electron chi connectivity index (χ0n) is 10.6. The van der Waals surface area contributed by atoms with E-state index in [0.29, 0.717) is 0 Å². The van der Waals surface area contributed by atoms with Crippen LogP contribution in [0, 0.1) is 0 Å². The smallest absolute Gasteiger partial charge is 0.408 e. The number of rotatable bonds is 1. The molecule has 0 unspecified atom stereocenters. The average molecular weight is 229 g/mol. The van der Waals surface area contributed by atoms with E-state index < -0.39 is 5.60 Å². The summed E-state index contributed by atoms with van der Waals surface area (Å²) >= 11 is 0. The molecular weight excluding hydrogens is 206 g/mol. The predicted molar refractivity (Wildman–Crippen MR) is 63.2 cm³/mol. The van der Waals surface area contributed by atoms with Gasteiger partial charge in [-0.2, -0.15) is 0 Å². The summed E-state index contributed by atoms with van der Waals surface area (Å²) in [7, 11) is 0. The summed E-state index contributed by atoms with van der Waals surface area (Å²) in [6.45, 7) is 9.04. The van der Waals surface area contributed by atoms with Crippen LogP contribution in [0.15, 0.2) is 0 Å². The first-order chi connectivity index (χ1) is 7.20. The fraction of sp³-hybridized carbons (Fsp3) is 0.909. The first-order valence-corrected chi connectivity index (χ1v) is 5.68. The number of hydrogen-bond donors (Lipinski definition) is 3. The van der Waals surface area contributed by atoms with Gasteiger partial charge in [-0.15, -0.1) is 0 Å². The van der Waals surface area contributed by atoms with E-state index in [1.165, 1.54) is 0 Å². The Morgan fingerprint density at radius 2 is 2.19 bits per heavy atom. The molecule has 1 amide bonds. The number of nitrogens with two attached hydrogens (primary N) is 1. The Morgan fingerprint density at radius 3 is 2.69 bits per heavy atom. The van der Waals surface area contributed by atoms with Crippen LogP contribution in [0.5, 0.6) is 0 Å². The van der Waals surface area contributed by atoms with Crippen molar-refractivity contribution in [1.29, 1.82) is 0 Å². The zero-order valence-corrected chi connectivity index (χ0v) is 10.6. The Labute approximate surface area is 97.1 Å². The molecule has 0 aromatic carbocycles. The van der Waals surface area contributed by atoms with Gasteiger partial charge in [0.1, 0.15) is 5.60 Å². The van der Waals surface area contributed by atoms with Crippen molar-refractivity contribution < 1.29 is 9.53 Å². The first-order valence-electron chi connectivity index (χ1n) is 5.68. The summed E-state index contributed by atoms with van der Waals surface area (Å²) in [5.41, 5.74) is 5.07. The van der Waals surface area contributed by atoms with Gasteiger partial charge in [0, 0.05) is 19.1 Å². The highest BCUT2D eigenvalue weighted by atomic mass is 16.6. The van der Waals surface area contributed by atoms with Crippen molar-refractivity contribution >= 4 is 6.09 Å². The molecule has 1 fully saturated rings. The molecule has 1 aliphatic heterocycles. The molecule has 4 N–H and O–H groups in total. The normalized spacial score (nSPS) is 30.9. The lowest BCUT2D eigenvalue weighted by Gasteiger charge is -2.38. The number of nitrogens with one attached hydrogen (secondary N) is 2. The van der Waals surface area contributed by atoms with Crippen molar-refractivity contribution in [3.8, 4) is 0 Å². The molecular formula is C11H23N3O2. The topological polar surface area (TPSA) is 76.4 Å². The summed E-state index contributed by atoms with van der Waals surface area (Å²) < 4.78 is 5.22. The largest absolute Gasteiger partial charge is 0.444 e. The SMILES string of the molecule is CC(C)(C)OC(=O)N[C@@]1(C)CNC[C@@H](N)C1. The van der Waals surface area contributed by atoms with Crippen molar-refractivity contribution in [3.05, 3.63) is 0 Å². The third-order valence-electron chi connectivity index (χ3n) is 2.44. The van der Waals surface area contributed by atoms with E-state index in [0.717, 1.165) is 19.5 Å². The van der Waals surface area contributed by atoms with Crippen molar-refractivity contribution in [3.63, 3.8) is 0 Å². The molecule has 5 heteroatoms. The number of piperidine rings is 1. The van der Waals surface area contributed by atoms with Crippen LogP contribution in [0.2, 0.25) is 0 Å². The maximum Gasteiger partial charge on any atom is 0.408 e. The molecule has 94 valence electrons. The van der Waals surface area contributed by atoms with Gasteiger partial charge in [-0.25, -0.2) is 4.79 Å². The van der Waals surface area contributed by atoms with E-state index in [1.807, 2.05) is 27.7 Å². The molecule has 1 rings (SSSR count). The molecule has 0 bridgehead atoms. The Bertz CT molecular complexity index is 262. The van der Waals surface area contributed by atoms with Gasteiger partial charge in [0.05, 0.1) is 5.54 Å². The van der Waals surface area contributed by atoms with Crippen LogP contribution in [-0.4, -0.2) is 36.4 Å². The number of alkyl carbamates (subject to hydrolysis) is 1. The lowest BCUT2D eigenvalue weighted by molar-refractivity contribution is 0.0443. The van der Waals surface area contributed by atoms with E-state index >= 15 is 0 Å². The van der Waals surface area contributed by atoms with Gasteiger partial charge >= 0.3 is 6.09 Å². The Balaban J connectivity index is 2.49. The zero-order chi connectivity index (χ0) is 12.4. The van der Waals surface area contributed by atoms with E-state index in [2.05, 4.69) is 10.6 Å². The summed E-state index contributed by atoms with van der Waals surface area (Å²) in [6, 6.07) is 0.0775. The van der Waals surface area contributed by atoms with Gasteiger partial charge in [0.15, 0.2) is 0 Å². The molecule has 1 aliphatic rings. The predicted octanol–water partition coefficient (Wildman–Crippen LogP) is 0.590. The van der Waals surface area contributed by atoms with Crippen LogP contribution in [0.4, 0.5) is 4.79 Å². The molecule has 0 aromatic heterocycles. The number of carbonyl (C=O) groups is 1. The number of amides is 1. The second kappa shape index (κ2) is 4.59. The highest BCUT2D eigenvalue weighted by Crippen LogP contribution is 2.16. The van der Waals surface area contributed by atoms with Crippen LogP contribution < -0.4 is 16.4 Å². The molecule has 0 aromatic rings. The number of ether oxygens (including phenoxy) is 1. The average Bonchev–Trinajstić information content (AvgIpc) is 1.96. The lowest BCUT2D eigenvalue weighted by atomic mass is 9.90. The minimum Gasteiger partial charge on any atom is -0.444 e. The molecule has 0 spiro atoms. The molecule has 0 radical (unpaired) electrons. The minimum absolute atomic E-state index is 0.0775. The van der Waals surface area contributed by atoms with Crippen LogP contribution in [-0.2, 0) is 4.74 Å². The van der Waals surface area contributed by atoms with E-state index in [-0.39, 0.29) is 17.7 Å². The molecule has 1 heterocycles. The van der Waals surface area contributed by atoms with Gasteiger partial charge in [-0.1, -0.05) is 0 Å². The molecule has 0 aliphatic carbocycles. The molecule has 0 saturated carbocycles. The third-order valence-corrected chi connectivity index (χ3v) is 2.44. The van der Waals surface area contributed by atoms with Gasteiger partial charge in [0.2, 0.25) is 0 Å². The highest BCUT2D eigenvalue weighted by molar-refractivity contribution is 5.68. The summed E-state index contributed by atoms with van der Waals surface area (Å²) in [4.78, 5) is 11.6. The second-order valence-corrected chi connectivity index (χ2v) is 5.78. The Morgan fingerprint density at radius 1 is 1.56 bits per heavy atom. The second-order valence-electron chi connectivity index (χ2n) is 5.78. The van der Waals surface area contributed by atoms with Crippen molar-refractivity contribution in [1.82, 2.24) is 10.6 Å². The van der Waals surface area contributed by atoms with Gasteiger partial charge in [-0.3, -0.25) is 0 Å². The molecule has 2 atom stereocenters. The maximum absolute atomic E-state index is 11.6. The fourth-order valence-electron chi connectivity index (χ4n) is 1.90. The molecule has 5 nitrogen and oxygen atoms in total. The van der Waals surface area contributed by atoms with Crippen LogP contribution >= 0.6 is 0 Å². The number of carbonyl (C=O) groups excluding carboxylic acids is 1. The quantitative estimate of drug-likeness (QED) is 0.615. The van der Waals surface area contributed by atoms with Crippen molar-refractivity contribution in [2.24, 2.45) is 5.73 Å². The van der Waals surface area contributed by atoms with E-state index in [4.69, 9.17) is 10.5 Å². The maximum atomic E-state index is 11.6. The summed E-state index contributed by atoms with van der Waals surface area (Å²) in [5.74, 6) is 0. The van der Waals surface area contributed by atoms with E-state index in [9.17, 15) is 4.79 Å². The van der Waals surface area contributed by atoms with E-state index in [1.54, 1.807) is 0 Å². The van der Waals surface area contributed by atoms with Gasteiger partial charge < -0.3 is 21.1 Å². The Kier molecular flexibility index (Phi) is 3.80. The van der Waals surface area contributed by atoms with Gasteiger partial charge in [-0.05, 0) is 34.1 Å². The highest BCUT2D eigenvalue weighted by Gasteiger charge is 2.33. The van der Waals surface area contributed by atoms with Crippen molar-refractivity contribution in [2.45, 2.75) is 51.3 Å². The summed E-state index contributed by atoms with van der Waals surface area (Å²) in [5, 5.41) is 6.08. The van der Waals surface area contributed by atoms with Crippen LogP contribution in [0.1, 0.15) is 34.1 Å². The minimum atomic E-state index is -0.468. The van der Waals surface area contributed by atoms with Crippen LogP contribution in [0.25, 0.3) is 0 Å². The third kappa shape index (κ3) is 4.37. The van der Waals surface area contributed by atoms with Gasteiger partial charge in [0.25, 0.3) is 0 Å². The van der Waals surface area contributed by atoms with Crippen molar-refractivity contribution in [2.75, 3.05) is 13.1 Å². The first kappa shape index (κ1) is 13.3. The standard InChI is InChI=1S/C11H23N3O2/c1-10(2,3)16-9(15)14-11(4)5-8(12)6-13-7-11/h8,13H,5-7,12H2,1-4H3,(H,14,15)/t8-,11+/m0/s1. The van der Waals surface area contributed by atoms with Crippen LogP contribution in [0.3, 0.4) is 0 Å². The Hall–Kier alpha value is -0.810. The lowest BCUT2D eigenvalue weighted by Crippen LogP contribution is -2.61. The molecule has 16 heavy (non-hydrogen) atoms. The number of hydrogen-bond acceptors (Lipinski definition) is 4. The monoisotopic (exact) mass is 229 g/mol. The molecule has 1 saturated heterocycles.